The van der Waals surface area contributed by atoms with Crippen LogP contribution in [0.4, 0.5) is 5.95 Å². The van der Waals surface area contributed by atoms with Crippen LogP contribution in [-0.2, 0) is 0 Å². The molecule has 1 N–H and O–H groups in total. The van der Waals surface area contributed by atoms with Crippen molar-refractivity contribution in [1.29, 1.82) is 0 Å². The van der Waals surface area contributed by atoms with Crippen LogP contribution in [0.25, 0.3) is 11.0 Å². The summed E-state index contributed by atoms with van der Waals surface area (Å²) in [4.78, 5) is 4.42. The fourth-order valence-electron chi connectivity index (χ4n) is 1.70. The van der Waals surface area contributed by atoms with E-state index >= 15 is 0 Å². The third-order valence-corrected chi connectivity index (χ3v) is 3.37. The average Bonchev–Trinajstić information content (AvgIpc) is 2.42. The molecule has 18 heavy (non-hydrogen) atoms. The molecule has 4 nitrogen and oxygen atoms in total. The fraction of sp³-hybridized carbons (Fsp3) is 0.462. The quantitative estimate of drug-likeness (QED) is 0.777. The number of nitrogens with zero attached hydrogens (tertiary/aromatic N) is 3. The van der Waals surface area contributed by atoms with Gasteiger partial charge < -0.3 is 5.32 Å². The van der Waals surface area contributed by atoms with E-state index in [1.807, 2.05) is 36.0 Å². The zero-order valence-corrected chi connectivity index (χ0v) is 11.4. The van der Waals surface area contributed by atoms with Crippen LogP contribution in [-0.4, -0.2) is 33.7 Å². The Morgan fingerprint density at radius 1 is 1.06 bits per heavy atom. The van der Waals surface area contributed by atoms with Gasteiger partial charge in [0, 0.05) is 6.54 Å². The molecule has 0 spiro atoms. The second-order valence-electron chi connectivity index (χ2n) is 4.10. The predicted octanol–water partition coefficient (Wildman–Crippen LogP) is 2.97. The van der Waals surface area contributed by atoms with Gasteiger partial charge in [-0.2, -0.15) is 11.8 Å². The maximum atomic E-state index is 4.42. The molecule has 0 atom stereocenters. The highest BCUT2D eigenvalue weighted by atomic mass is 32.2. The molecule has 0 radical (unpaired) electrons. The second kappa shape index (κ2) is 7.16. The van der Waals surface area contributed by atoms with E-state index < -0.39 is 0 Å². The van der Waals surface area contributed by atoms with E-state index in [1.165, 1.54) is 18.6 Å². The van der Waals surface area contributed by atoms with Crippen molar-refractivity contribution < 1.29 is 0 Å². The number of rotatable bonds is 7. The van der Waals surface area contributed by atoms with Gasteiger partial charge in [-0.25, -0.2) is 4.98 Å². The molecule has 2 rings (SSSR count). The first kappa shape index (κ1) is 13.1. The minimum atomic E-state index is 0.624. The third kappa shape index (κ3) is 3.84. The lowest BCUT2D eigenvalue weighted by Gasteiger charge is -2.04. The summed E-state index contributed by atoms with van der Waals surface area (Å²) in [5, 5.41) is 11.4. The van der Waals surface area contributed by atoms with E-state index in [2.05, 4.69) is 26.8 Å². The van der Waals surface area contributed by atoms with Crippen molar-refractivity contribution in [2.75, 3.05) is 23.9 Å². The van der Waals surface area contributed by atoms with Crippen LogP contribution >= 0.6 is 11.8 Å². The molecule has 1 aromatic carbocycles. The van der Waals surface area contributed by atoms with E-state index in [-0.39, 0.29) is 0 Å². The SMILES string of the molecule is CSCCCCCNc1nnc2ccccc2n1. The number of hydrogen-bond acceptors (Lipinski definition) is 5. The number of thioether (sulfide) groups is 1. The van der Waals surface area contributed by atoms with Crippen LogP contribution < -0.4 is 5.32 Å². The summed E-state index contributed by atoms with van der Waals surface area (Å²) >= 11 is 1.90. The predicted molar refractivity (Wildman–Crippen MR) is 78.1 cm³/mol. The smallest absolute Gasteiger partial charge is 0.243 e. The number of benzene rings is 1. The van der Waals surface area contributed by atoms with Gasteiger partial charge in [-0.3, -0.25) is 0 Å². The summed E-state index contributed by atoms with van der Waals surface area (Å²) < 4.78 is 0. The van der Waals surface area contributed by atoms with Crippen LogP contribution in [0.1, 0.15) is 19.3 Å². The Morgan fingerprint density at radius 2 is 1.89 bits per heavy atom. The maximum absolute atomic E-state index is 4.42. The molecular weight excluding hydrogens is 244 g/mol. The lowest BCUT2D eigenvalue weighted by molar-refractivity contribution is 0.745. The molecular formula is C13H18N4S. The lowest BCUT2D eigenvalue weighted by Crippen LogP contribution is -2.06. The highest BCUT2D eigenvalue weighted by Gasteiger charge is 1.99. The summed E-state index contributed by atoms with van der Waals surface area (Å²) in [5.74, 6) is 1.87. The molecule has 0 unspecified atom stereocenters. The molecule has 1 aromatic heterocycles. The van der Waals surface area contributed by atoms with Crippen LogP contribution in [0.5, 0.6) is 0 Å². The number of para-hydroxylation sites is 1. The van der Waals surface area contributed by atoms with Gasteiger partial charge in [0.05, 0.1) is 5.52 Å². The molecule has 0 aliphatic rings. The van der Waals surface area contributed by atoms with Crippen molar-refractivity contribution in [2.45, 2.75) is 19.3 Å². The number of hydrogen-bond donors (Lipinski definition) is 1. The minimum Gasteiger partial charge on any atom is -0.353 e. The normalized spacial score (nSPS) is 10.7. The van der Waals surface area contributed by atoms with Gasteiger partial charge in [0.25, 0.3) is 0 Å². The van der Waals surface area contributed by atoms with Crippen LogP contribution in [0, 0.1) is 0 Å². The Bertz CT molecular complexity index is 489. The van der Waals surface area contributed by atoms with Crippen molar-refractivity contribution in [3.63, 3.8) is 0 Å². The maximum Gasteiger partial charge on any atom is 0.243 e. The van der Waals surface area contributed by atoms with E-state index in [9.17, 15) is 0 Å². The fourth-order valence-corrected chi connectivity index (χ4v) is 2.20. The summed E-state index contributed by atoms with van der Waals surface area (Å²) in [6.45, 7) is 0.911. The van der Waals surface area contributed by atoms with Crippen molar-refractivity contribution in [3.8, 4) is 0 Å². The van der Waals surface area contributed by atoms with E-state index in [0.717, 1.165) is 24.0 Å². The molecule has 96 valence electrons. The molecule has 0 amide bonds. The molecule has 0 aliphatic carbocycles. The standard InChI is InChI=1S/C13H18N4S/c1-18-10-6-2-5-9-14-13-15-11-7-3-4-8-12(11)16-17-13/h3-4,7-8H,2,5-6,9-10H2,1H3,(H,14,15,17). The molecule has 1 heterocycles. The van der Waals surface area contributed by atoms with Gasteiger partial charge in [0.2, 0.25) is 5.95 Å². The van der Waals surface area contributed by atoms with Crippen molar-refractivity contribution in [2.24, 2.45) is 0 Å². The summed E-state index contributed by atoms with van der Waals surface area (Å²) in [7, 11) is 0. The van der Waals surface area contributed by atoms with E-state index in [0.29, 0.717) is 5.95 Å². The first-order valence-electron chi connectivity index (χ1n) is 6.22. The van der Waals surface area contributed by atoms with Gasteiger partial charge in [0.15, 0.2) is 0 Å². The number of anilines is 1. The molecule has 0 fully saturated rings. The molecule has 0 saturated heterocycles. The second-order valence-corrected chi connectivity index (χ2v) is 5.09. The minimum absolute atomic E-state index is 0.624. The Kier molecular flexibility index (Phi) is 5.20. The Hall–Kier alpha value is -1.36. The average molecular weight is 262 g/mol. The van der Waals surface area contributed by atoms with Gasteiger partial charge in [0.1, 0.15) is 5.52 Å². The monoisotopic (exact) mass is 262 g/mol. The number of fused-ring (bicyclic) bond motifs is 1. The van der Waals surface area contributed by atoms with E-state index in [1.54, 1.807) is 0 Å². The zero-order valence-electron chi connectivity index (χ0n) is 10.6. The lowest BCUT2D eigenvalue weighted by atomic mass is 10.2. The Morgan fingerprint density at radius 3 is 2.72 bits per heavy atom. The highest BCUT2D eigenvalue weighted by molar-refractivity contribution is 7.98. The number of aromatic nitrogens is 3. The zero-order chi connectivity index (χ0) is 12.6. The highest BCUT2D eigenvalue weighted by Crippen LogP contribution is 2.09. The Labute approximate surface area is 112 Å². The molecule has 0 bridgehead atoms. The largest absolute Gasteiger partial charge is 0.353 e. The van der Waals surface area contributed by atoms with Crippen LogP contribution in [0.2, 0.25) is 0 Å². The van der Waals surface area contributed by atoms with Gasteiger partial charge >= 0.3 is 0 Å². The van der Waals surface area contributed by atoms with Gasteiger partial charge in [-0.05, 0) is 37.0 Å². The molecule has 0 saturated carbocycles. The van der Waals surface area contributed by atoms with Crippen molar-refractivity contribution >= 4 is 28.7 Å². The van der Waals surface area contributed by atoms with Crippen LogP contribution in [0.15, 0.2) is 24.3 Å². The molecule has 0 aliphatic heterocycles. The van der Waals surface area contributed by atoms with Crippen LogP contribution in [0.3, 0.4) is 0 Å². The molecule has 5 heteroatoms. The van der Waals surface area contributed by atoms with Gasteiger partial charge in [-0.15, -0.1) is 10.2 Å². The number of nitrogens with one attached hydrogen (secondary N) is 1. The molecule has 2 aromatic rings. The first-order valence-corrected chi connectivity index (χ1v) is 7.62. The van der Waals surface area contributed by atoms with Gasteiger partial charge in [-0.1, -0.05) is 18.6 Å². The summed E-state index contributed by atoms with van der Waals surface area (Å²) in [5.41, 5.74) is 1.72. The summed E-state index contributed by atoms with van der Waals surface area (Å²) in [6, 6.07) is 7.77. The topological polar surface area (TPSA) is 50.7 Å². The number of unbranched alkanes of at least 4 members (excludes halogenated alkanes) is 2. The van der Waals surface area contributed by atoms with Crippen molar-refractivity contribution in [1.82, 2.24) is 15.2 Å². The summed E-state index contributed by atoms with van der Waals surface area (Å²) in [6.07, 6.45) is 5.82. The third-order valence-electron chi connectivity index (χ3n) is 2.67. The first-order chi connectivity index (χ1) is 8.90. The van der Waals surface area contributed by atoms with Crippen molar-refractivity contribution in [3.05, 3.63) is 24.3 Å². The Balaban J connectivity index is 1.81. The van der Waals surface area contributed by atoms with E-state index in [4.69, 9.17) is 0 Å².